The molecule has 324 valence electrons. The van der Waals surface area contributed by atoms with Gasteiger partial charge in [-0.25, -0.2) is 15.0 Å². The number of nitrogens with zero attached hydrogens (tertiary/aromatic N) is 4. The normalized spacial score (nSPS) is 12.0. The minimum Gasteiger partial charge on any atom is -0.309 e. The van der Waals surface area contributed by atoms with Gasteiger partial charge in [0.1, 0.15) is 0 Å². The molecule has 0 radical (unpaired) electrons. The van der Waals surface area contributed by atoms with E-state index in [-0.39, 0.29) is 0 Å². The second-order valence-electron chi connectivity index (χ2n) is 18.2. The van der Waals surface area contributed by atoms with Gasteiger partial charge in [-0.05, 0) is 108 Å². The van der Waals surface area contributed by atoms with E-state index in [9.17, 15) is 0 Å². The van der Waals surface area contributed by atoms with Gasteiger partial charge in [0.2, 0.25) is 0 Å². The van der Waals surface area contributed by atoms with Gasteiger partial charge in [0, 0.05) is 58.7 Å². The molecule has 15 rings (SSSR count). The standard InChI is InChI=1S/C65H38N4S/c1-2-17-39(18-3-1)63-66-64(68-65(67-63)53-30-16-29-50-47-24-9-8-23-45(47)46-25-10-11-27-49(46)60(50)53)51-34-33-43(69-57-31-14-12-26-48(57)55-35-40-19-4-5-20-41(40)37-58(55)69)38-54(51)56-36-42-21-6-7-22-44(42)62-61(56)52-28-13-15-32-59(52)70-62/h1-38H. The molecule has 0 atom stereocenters. The van der Waals surface area contributed by atoms with Crippen molar-refractivity contribution in [3.63, 3.8) is 0 Å². The van der Waals surface area contributed by atoms with Gasteiger partial charge in [0.15, 0.2) is 17.5 Å². The first-order chi connectivity index (χ1) is 34.7. The molecule has 4 nitrogen and oxygen atoms in total. The van der Waals surface area contributed by atoms with E-state index in [1.165, 1.54) is 79.4 Å². The van der Waals surface area contributed by atoms with Crippen LogP contribution in [0, 0.1) is 0 Å². The first kappa shape index (κ1) is 39.0. The number of benzene rings is 12. The number of rotatable bonds is 5. The molecule has 0 saturated heterocycles. The minimum absolute atomic E-state index is 0.613. The third-order valence-corrected chi connectivity index (χ3v) is 15.6. The molecule has 0 N–H and O–H groups in total. The first-order valence-corrected chi connectivity index (χ1v) is 24.6. The van der Waals surface area contributed by atoms with Crippen molar-refractivity contribution in [3.8, 4) is 51.0 Å². The highest BCUT2D eigenvalue weighted by molar-refractivity contribution is 7.26. The smallest absolute Gasteiger partial charge is 0.164 e. The lowest BCUT2D eigenvalue weighted by Gasteiger charge is -2.18. The van der Waals surface area contributed by atoms with Gasteiger partial charge >= 0.3 is 0 Å². The summed E-state index contributed by atoms with van der Waals surface area (Å²) in [6.07, 6.45) is 0. The van der Waals surface area contributed by atoms with Gasteiger partial charge in [-0.15, -0.1) is 11.3 Å². The number of thiophene rings is 1. The number of para-hydroxylation sites is 1. The Bertz CT molecular complexity index is 4620. The van der Waals surface area contributed by atoms with Crippen molar-refractivity contribution in [1.82, 2.24) is 19.5 Å². The molecule has 0 saturated carbocycles. The fourth-order valence-corrected chi connectivity index (χ4v) is 12.5. The van der Waals surface area contributed by atoms with E-state index in [4.69, 9.17) is 15.0 Å². The van der Waals surface area contributed by atoms with Crippen LogP contribution in [0.4, 0.5) is 0 Å². The molecule has 15 aromatic rings. The lowest BCUT2D eigenvalue weighted by atomic mass is 9.91. The van der Waals surface area contributed by atoms with Crippen LogP contribution in [0.15, 0.2) is 231 Å². The summed E-state index contributed by atoms with van der Waals surface area (Å²) in [5.41, 5.74) is 8.38. The zero-order valence-electron chi connectivity index (χ0n) is 37.6. The highest BCUT2D eigenvalue weighted by atomic mass is 32.1. The van der Waals surface area contributed by atoms with Crippen LogP contribution in [0.25, 0.3) is 147 Å². The van der Waals surface area contributed by atoms with Gasteiger partial charge in [-0.3, -0.25) is 0 Å². The van der Waals surface area contributed by atoms with Crippen molar-refractivity contribution >= 4 is 107 Å². The molecule has 0 aliphatic carbocycles. The quantitative estimate of drug-likeness (QED) is 0.162. The summed E-state index contributed by atoms with van der Waals surface area (Å²) in [4.78, 5) is 16.5. The molecule has 0 aliphatic heterocycles. The van der Waals surface area contributed by atoms with E-state index in [1.807, 2.05) is 17.4 Å². The van der Waals surface area contributed by atoms with Crippen LogP contribution < -0.4 is 0 Å². The van der Waals surface area contributed by atoms with Crippen molar-refractivity contribution in [3.05, 3.63) is 231 Å². The second kappa shape index (κ2) is 15.2. The molecule has 70 heavy (non-hydrogen) atoms. The molecule has 0 unspecified atom stereocenters. The summed E-state index contributed by atoms with van der Waals surface area (Å²) in [6.45, 7) is 0. The Hall–Kier alpha value is -9.03. The van der Waals surface area contributed by atoms with E-state index < -0.39 is 0 Å². The highest BCUT2D eigenvalue weighted by Gasteiger charge is 2.24. The SMILES string of the molecule is c1ccc(-c2nc(-c3ccc(-n4c5ccccc5c5cc6ccccc6cc54)cc3-c3cc4ccccc4c4sc5ccccc5c34)nc(-c3cccc4c5ccccc5c5ccccc5c34)n2)cc1. The Morgan fingerprint density at radius 1 is 0.300 bits per heavy atom. The van der Waals surface area contributed by atoms with Crippen molar-refractivity contribution in [1.29, 1.82) is 0 Å². The van der Waals surface area contributed by atoms with Crippen molar-refractivity contribution in [2.45, 2.75) is 0 Å². The highest BCUT2D eigenvalue weighted by Crippen LogP contribution is 2.48. The topological polar surface area (TPSA) is 43.6 Å². The maximum atomic E-state index is 5.61. The molecule has 3 heterocycles. The van der Waals surface area contributed by atoms with E-state index in [0.29, 0.717) is 17.5 Å². The molecule has 0 aliphatic rings. The predicted molar refractivity (Wildman–Crippen MR) is 296 cm³/mol. The van der Waals surface area contributed by atoms with Crippen LogP contribution >= 0.6 is 11.3 Å². The number of hydrogen-bond donors (Lipinski definition) is 0. The van der Waals surface area contributed by atoms with Crippen molar-refractivity contribution < 1.29 is 0 Å². The average molecular weight is 907 g/mol. The largest absolute Gasteiger partial charge is 0.309 e. The predicted octanol–water partition coefficient (Wildman–Crippen LogP) is 17.8. The number of hydrogen-bond acceptors (Lipinski definition) is 4. The molecule has 5 heteroatoms. The van der Waals surface area contributed by atoms with Crippen LogP contribution in [-0.4, -0.2) is 19.5 Å². The fourth-order valence-electron chi connectivity index (χ4n) is 11.3. The Morgan fingerprint density at radius 3 is 1.64 bits per heavy atom. The van der Waals surface area contributed by atoms with E-state index >= 15 is 0 Å². The lowest BCUT2D eigenvalue weighted by molar-refractivity contribution is 1.08. The maximum absolute atomic E-state index is 5.61. The van der Waals surface area contributed by atoms with Crippen LogP contribution in [0.5, 0.6) is 0 Å². The van der Waals surface area contributed by atoms with E-state index in [0.717, 1.165) is 49.9 Å². The summed E-state index contributed by atoms with van der Waals surface area (Å²) in [5, 5.41) is 16.9. The Kier molecular flexibility index (Phi) is 8.49. The van der Waals surface area contributed by atoms with Gasteiger partial charge in [0.05, 0.1) is 11.0 Å². The van der Waals surface area contributed by atoms with Crippen LogP contribution in [-0.2, 0) is 0 Å². The number of fused-ring (bicyclic) bond motifs is 15. The van der Waals surface area contributed by atoms with Gasteiger partial charge < -0.3 is 4.57 Å². The van der Waals surface area contributed by atoms with Crippen molar-refractivity contribution in [2.24, 2.45) is 0 Å². The summed E-state index contributed by atoms with van der Waals surface area (Å²) >= 11 is 1.86. The Morgan fingerprint density at radius 2 is 0.871 bits per heavy atom. The molecule has 0 fully saturated rings. The lowest BCUT2D eigenvalue weighted by Crippen LogP contribution is -2.03. The molecule has 0 bridgehead atoms. The Labute approximate surface area is 406 Å². The third-order valence-electron chi connectivity index (χ3n) is 14.4. The summed E-state index contributed by atoms with van der Waals surface area (Å²) in [7, 11) is 0. The van der Waals surface area contributed by atoms with Gasteiger partial charge in [-0.1, -0.05) is 182 Å². The summed E-state index contributed by atoms with van der Waals surface area (Å²) in [6, 6.07) is 83.4. The van der Waals surface area contributed by atoms with Gasteiger partial charge in [-0.2, -0.15) is 0 Å². The summed E-state index contributed by atoms with van der Waals surface area (Å²) in [5.74, 6) is 1.86. The monoisotopic (exact) mass is 906 g/mol. The summed E-state index contributed by atoms with van der Waals surface area (Å²) < 4.78 is 4.96. The fraction of sp³-hybridized carbons (Fsp3) is 0. The van der Waals surface area contributed by atoms with E-state index in [1.54, 1.807) is 0 Å². The molecule has 3 aromatic heterocycles. The minimum atomic E-state index is 0.613. The molecular formula is C65H38N4S. The molecule has 12 aromatic carbocycles. The molecular weight excluding hydrogens is 869 g/mol. The first-order valence-electron chi connectivity index (χ1n) is 23.8. The third kappa shape index (κ3) is 5.86. The van der Waals surface area contributed by atoms with E-state index in [2.05, 4.69) is 229 Å². The van der Waals surface area contributed by atoms with Crippen LogP contribution in [0.2, 0.25) is 0 Å². The Balaban J connectivity index is 1.07. The zero-order valence-corrected chi connectivity index (χ0v) is 38.5. The average Bonchev–Trinajstić information content (AvgIpc) is 3.98. The second-order valence-corrected chi connectivity index (χ2v) is 19.3. The maximum Gasteiger partial charge on any atom is 0.164 e. The van der Waals surface area contributed by atoms with Crippen LogP contribution in [0.3, 0.4) is 0 Å². The molecule has 0 spiro atoms. The van der Waals surface area contributed by atoms with Crippen molar-refractivity contribution in [2.75, 3.05) is 0 Å². The number of aromatic nitrogens is 4. The zero-order chi connectivity index (χ0) is 45.9. The molecule has 0 amide bonds. The van der Waals surface area contributed by atoms with Gasteiger partial charge in [0.25, 0.3) is 0 Å². The van der Waals surface area contributed by atoms with Crippen LogP contribution in [0.1, 0.15) is 0 Å².